The number of aliphatic hydroxyl groups is 1. The average molecular weight is 327 g/mol. The fourth-order valence-corrected chi connectivity index (χ4v) is 3.38. The van der Waals surface area contributed by atoms with Crippen LogP contribution in [0.2, 0.25) is 0 Å². The molecule has 1 atom stereocenters. The van der Waals surface area contributed by atoms with E-state index in [0.29, 0.717) is 18.7 Å². The maximum absolute atomic E-state index is 12.7. The molecule has 3 rings (SSSR count). The lowest BCUT2D eigenvalue weighted by Gasteiger charge is -2.20. The van der Waals surface area contributed by atoms with Crippen LogP contribution in [0.15, 0.2) is 30.3 Å². The molecule has 0 bridgehead atoms. The lowest BCUT2D eigenvalue weighted by atomic mass is 9.95. The summed E-state index contributed by atoms with van der Waals surface area (Å²) in [5.74, 6) is -0.0472. The van der Waals surface area contributed by atoms with E-state index in [2.05, 4.69) is 5.10 Å². The van der Waals surface area contributed by atoms with Crippen LogP contribution in [0.5, 0.6) is 0 Å². The van der Waals surface area contributed by atoms with Gasteiger partial charge >= 0.3 is 0 Å². The molecule has 5 heteroatoms. The molecule has 1 heterocycles. The molecule has 1 N–H and O–H groups in total. The van der Waals surface area contributed by atoms with Gasteiger partial charge < -0.3 is 10.0 Å². The molecule has 0 fully saturated rings. The van der Waals surface area contributed by atoms with E-state index in [1.54, 1.807) is 11.9 Å². The Kier molecular flexibility index (Phi) is 5.00. The normalized spacial score (nSPS) is 15.0. The summed E-state index contributed by atoms with van der Waals surface area (Å²) < 4.78 is 1.86. The minimum absolute atomic E-state index is 0.0472. The minimum atomic E-state index is -0.556. The fourth-order valence-electron chi connectivity index (χ4n) is 3.38. The molecule has 0 unspecified atom stereocenters. The summed E-state index contributed by atoms with van der Waals surface area (Å²) in [5, 5.41) is 14.7. The fraction of sp³-hybridized carbons (Fsp3) is 0.474. The van der Waals surface area contributed by atoms with Gasteiger partial charge in [0.1, 0.15) is 0 Å². The largest absolute Gasteiger partial charge is 0.388 e. The second kappa shape index (κ2) is 7.18. The highest BCUT2D eigenvalue weighted by Gasteiger charge is 2.25. The number of amides is 1. The Balaban J connectivity index is 1.65. The number of fused-ring (bicyclic) bond motifs is 1. The predicted molar refractivity (Wildman–Crippen MR) is 92.8 cm³/mol. The van der Waals surface area contributed by atoms with Crippen molar-refractivity contribution in [2.75, 3.05) is 13.6 Å². The Morgan fingerprint density at radius 2 is 2.00 bits per heavy atom. The smallest absolute Gasteiger partial charge is 0.274 e. The predicted octanol–water partition coefficient (Wildman–Crippen LogP) is 2.49. The third-order valence-electron chi connectivity index (χ3n) is 4.84. The molecular formula is C19H25N3O2. The zero-order valence-corrected chi connectivity index (χ0v) is 14.4. The summed E-state index contributed by atoms with van der Waals surface area (Å²) in [4.78, 5) is 14.4. The number of benzene rings is 1. The Bertz CT molecular complexity index is 709. The van der Waals surface area contributed by atoms with Gasteiger partial charge in [-0.15, -0.1) is 0 Å². The number of aliphatic hydroxyl groups excluding tert-OH is 1. The van der Waals surface area contributed by atoms with Gasteiger partial charge in [0.2, 0.25) is 0 Å². The molecule has 24 heavy (non-hydrogen) atoms. The number of aryl methyl sites for hydroxylation is 1. The van der Waals surface area contributed by atoms with E-state index in [0.717, 1.165) is 30.4 Å². The third kappa shape index (κ3) is 3.36. The van der Waals surface area contributed by atoms with E-state index in [1.165, 1.54) is 12.1 Å². The van der Waals surface area contributed by atoms with Crippen molar-refractivity contribution in [3.05, 3.63) is 52.8 Å². The van der Waals surface area contributed by atoms with Crippen LogP contribution in [0.3, 0.4) is 0 Å². The third-order valence-corrected chi connectivity index (χ3v) is 4.84. The van der Waals surface area contributed by atoms with Gasteiger partial charge in [0, 0.05) is 31.9 Å². The van der Waals surface area contributed by atoms with Crippen molar-refractivity contribution in [1.82, 2.24) is 14.7 Å². The molecule has 0 saturated carbocycles. The summed E-state index contributed by atoms with van der Waals surface area (Å²) in [7, 11) is 3.70. The highest BCUT2D eigenvalue weighted by molar-refractivity contribution is 5.94. The van der Waals surface area contributed by atoms with Gasteiger partial charge in [0.05, 0.1) is 6.10 Å². The quantitative estimate of drug-likeness (QED) is 0.918. The molecule has 0 spiro atoms. The van der Waals surface area contributed by atoms with Gasteiger partial charge in [0.15, 0.2) is 5.69 Å². The van der Waals surface area contributed by atoms with Gasteiger partial charge in [-0.1, -0.05) is 30.3 Å². The number of nitrogens with zero attached hydrogens (tertiary/aromatic N) is 3. The highest BCUT2D eigenvalue weighted by Crippen LogP contribution is 2.25. The Hall–Kier alpha value is -2.14. The van der Waals surface area contributed by atoms with Crippen LogP contribution in [0.25, 0.3) is 0 Å². The van der Waals surface area contributed by atoms with E-state index >= 15 is 0 Å². The van der Waals surface area contributed by atoms with Crippen LogP contribution in [0.4, 0.5) is 0 Å². The first-order valence-electron chi connectivity index (χ1n) is 8.61. The lowest BCUT2D eigenvalue weighted by molar-refractivity contribution is 0.0753. The van der Waals surface area contributed by atoms with Gasteiger partial charge in [-0.2, -0.15) is 5.10 Å². The van der Waals surface area contributed by atoms with Crippen molar-refractivity contribution in [2.45, 2.75) is 38.2 Å². The highest BCUT2D eigenvalue weighted by atomic mass is 16.3. The van der Waals surface area contributed by atoms with Gasteiger partial charge in [0.25, 0.3) is 5.91 Å². The van der Waals surface area contributed by atoms with E-state index in [9.17, 15) is 9.90 Å². The second-order valence-electron chi connectivity index (χ2n) is 6.55. The Labute approximate surface area is 142 Å². The van der Waals surface area contributed by atoms with Crippen molar-refractivity contribution in [3.63, 3.8) is 0 Å². The molecule has 2 aromatic rings. The van der Waals surface area contributed by atoms with Crippen molar-refractivity contribution in [3.8, 4) is 0 Å². The maximum atomic E-state index is 12.7. The number of carbonyl (C=O) groups is 1. The minimum Gasteiger partial charge on any atom is -0.388 e. The van der Waals surface area contributed by atoms with E-state index in [4.69, 9.17) is 0 Å². The summed E-state index contributed by atoms with van der Waals surface area (Å²) in [6.07, 6.45) is 4.18. The Morgan fingerprint density at radius 3 is 2.75 bits per heavy atom. The van der Waals surface area contributed by atoms with Gasteiger partial charge in [-0.25, -0.2) is 0 Å². The molecule has 0 aliphatic heterocycles. The summed E-state index contributed by atoms with van der Waals surface area (Å²) in [6, 6.07) is 9.56. The van der Waals surface area contributed by atoms with Crippen LogP contribution in [-0.2, 0) is 19.9 Å². The molecule has 128 valence electrons. The van der Waals surface area contributed by atoms with Crippen molar-refractivity contribution in [2.24, 2.45) is 7.05 Å². The first-order chi connectivity index (χ1) is 11.6. The lowest BCUT2D eigenvalue weighted by Crippen LogP contribution is -2.30. The second-order valence-corrected chi connectivity index (χ2v) is 6.55. The van der Waals surface area contributed by atoms with Crippen LogP contribution >= 0.6 is 0 Å². The van der Waals surface area contributed by atoms with Crippen LogP contribution in [0.1, 0.15) is 52.7 Å². The molecule has 0 saturated heterocycles. The topological polar surface area (TPSA) is 58.4 Å². The van der Waals surface area contributed by atoms with Crippen molar-refractivity contribution < 1.29 is 9.90 Å². The maximum Gasteiger partial charge on any atom is 0.274 e. The molecule has 1 amide bonds. The Morgan fingerprint density at radius 1 is 1.29 bits per heavy atom. The molecule has 0 radical (unpaired) electrons. The molecule has 1 aliphatic rings. The molecular weight excluding hydrogens is 302 g/mol. The van der Waals surface area contributed by atoms with Gasteiger partial charge in [-0.3, -0.25) is 9.48 Å². The standard InChI is InChI=1S/C19H25N3O2/c1-21(13-12-17(23)14-8-4-3-5-9-14)19(24)18-15-10-6-7-11-16(15)22(2)20-18/h3-5,8-9,17,23H,6-7,10-13H2,1-2H3/t17-/m0/s1. The number of carbonyl (C=O) groups excluding carboxylic acids is 1. The number of rotatable bonds is 5. The van der Waals surface area contributed by atoms with Crippen LogP contribution < -0.4 is 0 Å². The summed E-state index contributed by atoms with van der Waals surface area (Å²) in [5.41, 5.74) is 3.78. The van der Waals surface area contributed by atoms with E-state index in [-0.39, 0.29) is 5.91 Å². The number of hydrogen-bond donors (Lipinski definition) is 1. The van der Waals surface area contributed by atoms with Crippen molar-refractivity contribution >= 4 is 5.91 Å². The zero-order chi connectivity index (χ0) is 17.1. The first-order valence-corrected chi connectivity index (χ1v) is 8.61. The summed E-state index contributed by atoms with van der Waals surface area (Å²) in [6.45, 7) is 0.500. The monoisotopic (exact) mass is 327 g/mol. The van der Waals surface area contributed by atoms with Gasteiger partial charge in [-0.05, 0) is 37.7 Å². The number of hydrogen-bond acceptors (Lipinski definition) is 3. The SMILES string of the molecule is CN(CC[C@H](O)c1ccccc1)C(=O)c1nn(C)c2c1CCCC2. The van der Waals surface area contributed by atoms with Crippen LogP contribution in [-0.4, -0.2) is 39.3 Å². The van der Waals surface area contributed by atoms with Crippen molar-refractivity contribution in [1.29, 1.82) is 0 Å². The zero-order valence-electron chi connectivity index (χ0n) is 14.4. The first kappa shape index (κ1) is 16.7. The van der Waals surface area contributed by atoms with E-state index < -0.39 is 6.10 Å². The molecule has 1 aromatic heterocycles. The molecule has 1 aromatic carbocycles. The summed E-state index contributed by atoms with van der Waals surface area (Å²) >= 11 is 0. The molecule has 1 aliphatic carbocycles. The molecule has 5 nitrogen and oxygen atoms in total. The van der Waals surface area contributed by atoms with E-state index in [1.807, 2.05) is 42.1 Å². The number of aromatic nitrogens is 2. The van der Waals surface area contributed by atoms with Crippen LogP contribution in [0, 0.1) is 0 Å². The average Bonchev–Trinajstić information content (AvgIpc) is 2.96.